The Hall–Kier alpha value is -1.86. The van der Waals surface area contributed by atoms with Crippen molar-refractivity contribution in [2.75, 3.05) is 5.32 Å². The monoisotopic (exact) mass is 291 g/mol. The first-order chi connectivity index (χ1) is 9.56. The fraction of sp³-hybridized carbons (Fsp3) is 0.385. The van der Waals surface area contributed by atoms with Gasteiger partial charge in [0.1, 0.15) is 17.2 Å². The lowest BCUT2D eigenvalue weighted by molar-refractivity contribution is -0.115. The van der Waals surface area contributed by atoms with Gasteiger partial charge in [0.15, 0.2) is 0 Å². The van der Waals surface area contributed by atoms with Gasteiger partial charge in [0.2, 0.25) is 5.91 Å². The lowest BCUT2D eigenvalue weighted by Gasteiger charge is -2.11. The van der Waals surface area contributed by atoms with Crippen molar-refractivity contribution in [3.63, 3.8) is 0 Å². The minimum absolute atomic E-state index is 0.0846. The molecule has 3 N–H and O–H groups in total. The molecular weight excluding hydrogens is 274 g/mol. The molecule has 20 heavy (non-hydrogen) atoms. The molecule has 0 aliphatic carbocycles. The zero-order valence-corrected chi connectivity index (χ0v) is 12.2. The van der Waals surface area contributed by atoms with Gasteiger partial charge < -0.3 is 11.1 Å². The van der Waals surface area contributed by atoms with Gasteiger partial charge in [0, 0.05) is 11.6 Å². The molecule has 0 radical (unpaired) electrons. The van der Waals surface area contributed by atoms with Crippen LogP contribution >= 0.6 is 11.3 Å². The number of rotatable bonds is 5. The standard InChI is InChI=1S/C13H17N5OS/c1-8(2)12(14)13-17-9(6-20-13)5-11(19)18-10-3-4-15-7-16-10/h3-4,6-8,12H,5,14H2,1-2H3,(H,15,16,18,19). The highest BCUT2D eigenvalue weighted by Gasteiger charge is 2.15. The quantitative estimate of drug-likeness (QED) is 0.875. The van der Waals surface area contributed by atoms with Gasteiger partial charge in [-0.15, -0.1) is 11.3 Å². The van der Waals surface area contributed by atoms with Crippen LogP contribution < -0.4 is 11.1 Å². The maximum atomic E-state index is 11.9. The third kappa shape index (κ3) is 3.82. The molecule has 0 bridgehead atoms. The largest absolute Gasteiger partial charge is 0.322 e. The summed E-state index contributed by atoms with van der Waals surface area (Å²) in [6.07, 6.45) is 3.18. The minimum Gasteiger partial charge on any atom is -0.322 e. The molecule has 0 aliphatic rings. The van der Waals surface area contributed by atoms with Crippen LogP contribution in [0.4, 0.5) is 5.82 Å². The highest BCUT2D eigenvalue weighted by molar-refractivity contribution is 7.09. The third-order valence-corrected chi connectivity index (χ3v) is 3.76. The van der Waals surface area contributed by atoms with Gasteiger partial charge in [0.25, 0.3) is 0 Å². The van der Waals surface area contributed by atoms with E-state index in [0.29, 0.717) is 11.7 Å². The Labute approximate surface area is 121 Å². The Morgan fingerprint density at radius 3 is 2.95 bits per heavy atom. The minimum atomic E-state index is -0.154. The molecule has 0 aromatic carbocycles. The number of anilines is 1. The molecule has 0 fully saturated rings. The van der Waals surface area contributed by atoms with E-state index in [1.165, 1.54) is 17.7 Å². The number of nitrogens with one attached hydrogen (secondary N) is 1. The van der Waals surface area contributed by atoms with Crippen molar-refractivity contribution in [1.82, 2.24) is 15.0 Å². The third-order valence-electron chi connectivity index (χ3n) is 2.76. The van der Waals surface area contributed by atoms with E-state index in [1.54, 1.807) is 12.3 Å². The molecule has 2 rings (SSSR count). The van der Waals surface area contributed by atoms with Gasteiger partial charge >= 0.3 is 0 Å². The SMILES string of the molecule is CC(C)C(N)c1nc(CC(=O)Nc2ccncn2)cs1. The molecule has 2 heterocycles. The summed E-state index contributed by atoms with van der Waals surface area (Å²) >= 11 is 1.49. The first kappa shape index (κ1) is 14.5. The molecule has 2 aromatic heterocycles. The van der Waals surface area contributed by atoms with E-state index in [0.717, 1.165) is 10.7 Å². The number of thiazole rings is 1. The number of amides is 1. The van der Waals surface area contributed by atoms with E-state index < -0.39 is 0 Å². The van der Waals surface area contributed by atoms with Crippen LogP contribution in [0, 0.1) is 5.92 Å². The van der Waals surface area contributed by atoms with E-state index in [1.807, 2.05) is 19.2 Å². The number of nitrogens with two attached hydrogens (primary N) is 1. The number of carbonyl (C=O) groups is 1. The highest BCUT2D eigenvalue weighted by Crippen LogP contribution is 2.22. The van der Waals surface area contributed by atoms with Gasteiger partial charge in [0.05, 0.1) is 18.2 Å². The van der Waals surface area contributed by atoms with Crippen molar-refractivity contribution in [3.8, 4) is 0 Å². The highest BCUT2D eigenvalue weighted by atomic mass is 32.1. The van der Waals surface area contributed by atoms with Crippen molar-refractivity contribution in [2.45, 2.75) is 26.3 Å². The van der Waals surface area contributed by atoms with Crippen LogP contribution in [0.25, 0.3) is 0 Å². The molecular formula is C13H17N5OS. The van der Waals surface area contributed by atoms with E-state index in [-0.39, 0.29) is 18.4 Å². The van der Waals surface area contributed by atoms with E-state index in [2.05, 4.69) is 20.3 Å². The second-order valence-electron chi connectivity index (χ2n) is 4.77. The summed E-state index contributed by atoms with van der Waals surface area (Å²) < 4.78 is 0. The molecule has 0 spiro atoms. The van der Waals surface area contributed by atoms with Crippen LogP contribution in [0.15, 0.2) is 24.0 Å². The number of nitrogens with zero attached hydrogens (tertiary/aromatic N) is 3. The predicted molar refractivity (Wildman–Crippen MR) is 78.2 cm³/mol. The molecule has 0 aliphatic heterocycles. The summed E-state index contributed by atoms with van der Waals surface area (Å²) in [6.45, 7) is 4.10. The molecule has 106 valence electrons. The smallest absolute Gasteiger partial charge is 0.231 e. The van der Waals surface area contributed by atoms with Crippen LogP contribution in [-0.2, 0) is 11.2 Å². The summed E-state index contributed by atoms with van der Waals surface area (Å²) in [7, 11) is 0. The average Bonchev–Trinajstić information content (AvgIpc) is 2.87. The van der Waals surface area contributed by atoms with Crippen molar-refractivity contribution < 1.29 is 4.79 Å². The fourth-order valence-corrected chi connectivity index (χ4v) is 2.55. The molecule has 6 nitrogen and oxygen atoms in total. The van der Waals surface area contributed by atoms with Gasteiger partial charge in [-0.1, -0.05) is 13.8 Å². The van der Waals surface area contributed by atoms with Crippen molar-refractivity contribution in [1.29, 1.82) is 0 Å². The normalized spacial score (nSPS) is 12.4. The van der Waals surface area contributed by atoms with Gasteiger partial charge in [-0.05, 0) is 12.0 Å². The maximum Gasteiger partial charge on any atom is 0.231 e. The molecule has 1 atom stereocenters. The Bertz CT molecular complexity index is 569. The Balaban J connectivity index is 1.95. The zero-order valence-electron chi connectivity index (χ0n) is 11.4. The Morgan fingerprint density at radius 1 is 1.50 bits per heavy atom. The summed E-state index contributed by atoms with van der Waals surface area (Å²) in [5.41, 5.74) is 6.77. The van der Waals surface area contributed by atoms with Gasteiger partial charge in [-0.25, -0.2) is 15.0 Å². The summed E-state index contributed by atoms with van der Waals surface area (Å²) in [5.74, 6) is 0.654. The topological polar surface area (TPSA) is 93.8 Å². The lowest BCUT2D eigenvalue weighted by Crippen LogP contribution is -2.17. The van der Waals surface area contributed by atoms with Crippen LogP contribution in [0.1, 0.15) is 30.6 Å². The molecule has 1 unspecified atom stereocenters. The van der Waals surface area contributed by atoms with Gasteiger partial charge in [-0.3, -0.25) is 4.79 Å². The first-order valence-electron chi connectivity index (χ1n) is 6.32. The molecule has 2 aromatic rings. The van der Waals surface area contributed by atoms with Crippen LogP contribution in [0.3, 0.4) is 0 Å². The Kier molecular flexibility index (Phi) is 4.75. The number of hydrogen-bond donors (Lipinski definition) is 2. The maximum absolute atomic E-state index is 11.9. The zero-order chi connectivity index (χ0) is 14.5. The van der Waals surface area contributed by atoms with Crippen LogP contribution in [0.5, 0.6) is 0 Å². The van der Waals surface area contributed by atoms with E-state index >= 15 is 0 Å². The Morgan fingerprint density at radius 2 is 2.30 bits per heavy atom. The first-order valence-corrected chi connectivity index (χ1v) is 7.20. The molecule has 7 heteroatoms. The fourth-order valence-electron chi connectivity index (χ4n) is 1.56. The predicted octanol–water partition coefficient (Wildman–Crippen LogP) is 1.77. The molecule has 1 amide bonds. The van der Waals surface area contributed by atoms with Crippen LogP contribution in [0.2, 0.25) is 0 Å². The van der Waals surface area contributed by atoms with Crippen molar-refractivity contribution in [3.05, 3.63) is 34.7 Å². The van der Waals surface area contributed by atoms with Crippen LogP contribution in [-0.4, -0.2) is 20.9 Å². The summed E-state index contributed by atoms with van der Waals surface area (Å²) in [6, 6.07) is 1.55. The summed E-state index contributed by atoms with van der Waals surface area (Å²) in [4.78, 5) is 24.0. The number of hydrogen-bond acceptors (Lipinski definition) is 6. The van der Waals surface area contributed by atoms with Crippen molar-refractivity contribution >= 4 is 23.1 Å². The van der Waals surface area contributed by atoms with Gasteiger partial charge in [-0.2, -0.15) is 0 Å². The second-order valence-corrected chi connectivity index (χ2v) is 5.66. The molecule has 0 saturated carbocycles. The lowest BCUT2D eigenvalue weighted by atomic mass is 10.1. The van der Waals surface area contributed by atoms with E-state index in [4.69, 9.17) is 5.73 Å². The summed E-state index contributed by atoms with van der Waals surface area (Å²) in [5, 5.41) is 5.43. The average molecular weight is 291 g/mol. The molecule has 0 saturated heterocycles. The number of carbonyl (C=O) groups excluding carboxylic acids is 1. The number of aromatic nitrogens is 3. The second kappa shape index (κ2) is 6.53. The van der Waals surface area contributed by atoms with E-state index in [9.17, 15) is 4.79 Å². The van der Waals surface area contributed by atoms with Crippen molar-refractivity contribution in [2.24, 2.45) is 11.7 Å².